The number of aryl methyl sites for hydroxylation is 2. The minimum atomic E-state index is -2.49. The molecule has 0 saturated carbocycles. The van der Waals surface area contributed by atoms with Crippen LogP contribution >= 0.6 is 0 Å². The van der Waals surface area contributed by atoms with E-state index in [0.29, 0.717) is 39.8 Å². The first-order chi connectivity index (χ1) is 30.7. The van der Waals surface area contributed by atoms with Gasteiger partial charge in [-0.15, -0.1) is 48.0 Å². The van der Waals surface area contributed by atoms with Crippen molar-refractivity contribution >= 4 is 46.2 Å². The van der Waals surface area contributed by atoms with Gasteiger partial charge in [0, 0.05) is 51.4 Å². The molecule has 9 aromatic rings. The smallest absolute Gasteiger partial charge is 0.120 e. The Balaban J connectivity index is 0.000000201. The summed E-state index contributed by atoms with van der Waals surface area (Å²) >= 11 is 0. The number of rotatable bonds is 7. The summed E-state index contributed by atoms with van der Waals surface area (Å²) in [6.45, 7) is 10.4. The van der Waals surface area contributed by atoms with E-state index in [9.17, 15) is 4.39 Å². The SMILES string of the molecule is CC(C)c1cccc(C(C)C)c1-n1c(-c2[c-]cc(F)cc2)nc2ccccc21.[2H]C([2H])([2H])c1cnc(-c2[c-]ccc3c2oc2ccccc23)cc1-c1ccc([Si](C)(C)C)cc1C([2H])([2H])[2H].[Ir]. The van der Waals surface area contributed by atoms with Gasteiger partial charge < -0.3 is 14.0 Å². The number of para-hydroxylation sites is 4. The second kappa shape index (κ2) is 17.3. The second-order valence-corrected chi connectivity index (χ2v) is 21.7. The molecule has 6 aromatic carbocycles. The Hall–Kier alpha value is -5.46. The van der Waals surface area contributed by atoms with Gasteiger partial charge in [-0.05, 0) is 82.8 Å². The summed E-state index contributed by atoms with van der Waals surface area (Å²) < 4.78 is 71.1. The fourth-order valence-corrected chi connectivity index (χ4v) is 8.85. The quantitative estimate of drug-likeness (QED) is 0.118. The molecule has 0 bridgehead atoms. The molecule has 0 spiro atoms. The minimum Gasteiger partial charge on any atom is -0.501 e. The first-order valence-corrected chi connectivity index (χ1v) is 23.5. The van der Waals surface area contributed by atoms with Gasteiger partial charge in [0.05, 0.1) is 30.5 Å². The van der Waals surface area contributed by atoms with Crippen molar-refractivity contribution in [2.75, 3.05) is 0 Å². The molecule has 0 fully saturated rings. The maximum atomic E-state index is 13.5. The Morgan fingerprint density at radius 2 is 1.48 bits per heavy atom. The van der Waals surface area contributed by atoms with Crippen LogP contribution in [0.2, 0.25) is 19.6 Å². The van der Waals surface area contributed by atoms with E-state index in [0.717, 1.165) is 44.0 Å². The van der Waals surface area contributed by atoms with Crippen molar-refractivity contribution in [3.05, 3.63) is 168 Å². The Morgan fingerprint density at radius 1 is 0.750 bits per heavy atom. The number of halogens is 1. The Labute approximate surface area is 376 Å². The van der Waals surface area contributed by atoms with Crippen LogP contribution in [0.5, 0.6) is 0 Å². The van der Waals surface area contributed by atoms with Crippen LogP contribution in [-0.4, -0.2) is 22.6 Å². The van der Waals surface area contributed by atoms with Crippen LogP contribution in [0.25, 0.3) is 72.4 Å². The Kier molecular flexibility index (Phi) is 10.2. The molecule has 0 aliphatic rings. The molecule has 0 atom stereocenters. The van der Waals surface area contributed by atoms with E-state index < -0.39 is 21.8 Å². The summed E-state index contributed by atoms with van der Waals surface area (Å²) in [5.74, 6) is 1.22. The average molecular weight is 990 g/mol. The third-order valence-electron chi connectivity index (χ3n) is 10.8. The number of aromatic nitrogens is 3. The molecule has 3 aromatic heterocycles. The summed E-state index contributed by atoms with van der Waals surface area (Å²) in [6, 6.07) is 44.0. The van der Waals surface area contributed by atoms with Crippen LogP contribution in [0.3, 0.4) is 0 Å². The molecule has 0 saturated heterocycles. The van der Waals surface area contributed by atoms with E-state index in [2.05, 4.69) is 93.3 Å². The van der Waals surface area contributed by atoms with E-state index in [1.807, 2.05) is 54.6 Å². The summed E-state index contributed by atoms with van der Waals surface area (Å²) in [5.41, 5.74) is 9.66. The number of furan rings is 1. The maximum absolute atomic E-state index is 13.5. The third kappa shape index (κ3) is 8.19. The molecular formula is C53H50FIrN3OSi-2. The molecular weight excluding hydrogens is 934 g/mol. The van der Waals surface area contributed by atoms with Crippen molar-refractivity contribution in [3.8, 4) is 39.5 Å². The monoisotopic (exact) mass is 990 g/mol. The Morgan fingerprint density at radius 3 is 2.18 bits per heavy atom. The summed E-state index contributed by atoms with van der Waals surface area (Å²) in [4.78, 5) is 9.38. The van der Waals surface area contributed by atoms with Crippen molar-refractivity contribution in [2.45, 2.75) is 72.9 Å². The van der Waals surface area contributed by atoms with E-state index in [4.69, 9.17) is 17.6 Å². The molecule has 3 heterocycles. The molecule has 7 heteroatoms. The third-order valence-corrected chi connectivity index (χ3v) is 12.9. The predicted molar refractivity (Wildman–Crippen MR) is 247 cm³/mol. The van der Waals surface area contributed by atoms with Crippen molar-refractivity contribution in [1.29, 1.82) is 0 Å². The van der Waals surface area contributed by atoms with Gasteiger partial charge in [0.2, 0.25) is 0 Å². The molecule has 60 heavy (non-hydrogen) atoms. The number of pyridine rings is 1. The molecule has 0 amide bonds. The molecule has 1 radical (unpaired) electrons. The zero-order chi connectivity index (χ0) is 46.6. The first-order valence-electron chi connectivity index (χ1n) is 23.0. The zero-order valence-electron chi connectivity index (χ0n) is 40.7. The second-order valence-electron chi connectivity index (χ2n) is 16.6. The molecule has 4 nitrogen and oxygen atoms in total. The van der Waals surface area contributed by atoms with Crippen LogP contribution in [0.15, 0.2) is 132 Å². The summed E-state index contributed by atoms with van der Waals surface area (Å²) in [5, 5.41) is 2.85. The fraction of sp³-hybridized carbons (Fsp3) is 0.208. The molecule has 0 unspecified atom stereocenters. The number of benzene rings is 6. The van der Waals surface area contributed by atoms with E-state index in [1.54, 1.807) is 30.3 Å². The Bertz CT molecular complexity index is 3180. The zero-order valence-corrected chi connectivity index (χ0v) is 38.1. The van der Waals surface area contributed by atoms with Crippen molar-refractivity contribution in [1.82, 2.24) is 14.5 Å². The summed E-state index contributed by atoms with van der Waals surface area (Å²) in [6.07, 6.45) is 1.32. The first kappa shape index (κ1) is 35.3. The number of imidazole rings is 1. The van der Waals surface area contributed by atoms with E-state index >= 15 is 0 Å². The molecule has 0 aliphatic carbocycles. The molecule has 305 valence electrons. The van der Waals surface area contributed by atoms with Crippen LogP contribution in [0.4, 0.5) is 4.39 Å². The van der Waals surface area contributed by atoms with Crippen molar-refractivity contribution in [2.24, 2.45) is 0 Å². The molecule has 9 rings (SSSR count). The largest absolute Gasteiger partial charge is 0.501 e. The topological polar surface area (TPSA) is 43.9 Å². The fourth-order valence-electron chi connectivity index (χ4n) is 7.69. The number of hydrogen-bond acceptors (Lipinski definition) is 3. The normalized spacial score (nSPS) is 13.6. The van der Waals surface area contributed by atoms with E-state index in [-0.39, 0.29) is 37.0 Å². The molecule has 0 N–H and O–H groups in total. The average Bonchev–Trinajstić information content (AvgIpc) is 3.84. The van der Waals surface area contributed by atoms with E-state index in [1.165, 1.54) is 35.1 Å². The maximum Gasteiger partial charge on any atom is 0.120 e. The van der Waals surface area contributed by atoms with Crippen molar-refractivity contribution in [3.63, 3.8) is 0 Å². The number of fused-ring (bicyclic) bond motifs is 4. The molecule has 0 aliphatic heterocycles. The van der Waals surface area contributed by atoms with Crippen LogP contribution in [0, 0.1) is 31.7 Å². The standard InChI is InChI=1S/C28H26NOSi.C25H24FN2.Ir/c1-18-15-20(31(3,4)5)13-14-21(18)25-16-26(29-17-19(25)2)24-11-8-10-23-22-9-6-7-12-27(22)30-28(23)24;1-16(2)20-8-7-9-21(17(3)4)24(20)28-23-11-6-5-10-22(23)27-25(28)18-12-14-19(26)15-13-18;/h6-10,12-17H,1-5H3;5-12,14-17H,1-4H3;/q2*-1;/i1D3,2D3;;. The van der Waals surface area contributed by atoms with Crippen LogP contribution in [-0.2, 0) is 20.1 Å². The van der Waals surface area contributed by atoms with Gasteiger partial charge in [-0.3, -0.25) is 9.37 Å². The van der Waals surface area contributed by atoms with Gasteiger partial charge in [-0.2, -0.15) is 0 Å². The summed E-state index contributed by atoms with van der Waals surface area (Å²) in [7, 11) is -1.82. The van der Waals surface area contributed by atoms with Gasteiger partial charge >= 0.3 is 0 Å². The van der Waals surface area contributed by atoms with Gasteiger partial charge in [0.1, 0.15) is 5.58 Å². The van der Waals surface area contributed by atoms with Gasteiger partial charge in [0.25, 0.3) is 0 Å². The van der Waals surface area contributed by atoms with Crippen LogP contribution in [0.1, 0.15) is 70.0 Å². The number of nitrogens with zero attached hydrogens (tertiary/aromatic N) is 3. The van der Waals surface area contributed by atoms with Gasteiger partial charge in [0.15, 0.2) is 0 Å². The predicted octanol–water partition coefficient (Wildman–Crippen LogP) is 14.2. The minimum absolute atomic E-state index is 0. The van der Waals surface area contributed by atoms with Gasteiger partial charge in [-0.25, -0.2) is 0 Å². The van der Waals surface area contributed by atoms with Crippen LogP contribution < -0.4 is 5.19 Å². The van der Waals surface area contributed by atoms with Gasteiger partial charge in [-0.1, -0.05) is 136 Å². The number of hydrogen-bond donors (Lipinski definition) is 0. The van der Waals surface area contributed by atoms with Crippen molar-refractivity contribution < 1.29 is 37.1 Å².